The fourth-order valence-corrected chi connectivity index (χ4v) is 0.946. The van der Waals surface area contributed by atoms with Gasteiger partial charge in [-0.3, -0.25) is 0 Å². The van der Waals surface area contributed by atoms with Crippen LogP contribution in [0.4, 0.5) is 0 Å². The van der Waals surface area contributed by atoms with E-state index in [1.165, 1.54) is 0 Å². The Labute approximate surface area is 83.7 Å². The molecule has 0 aliphatic rings. The minimum Gasteiger partial charge on any atom is -0.391 e. The Kier molecular flexibility index (Phi) is 3.86. The number of rotatable bonds is 4. The highest BCUT2D eigenvalue weighted by atomic mass is 32.1. The Morgan fingerprint density at radius 3 is 2.62 bits per heavy atom. The van der Waals surface area contributed by atoms with Crippen LogP contribution in [-0.4, -0.2) is 11.1 Å². The van der Waals surface area contributed by atoms with E-state index in [0.29, 0.717) is 11.6 Å². The lowest BCUT2D eigenvalue weighted by Crippen LogP contribution is -2.26. The molecule has 0 fully saturated rings. The van der Waals surface area contributed by atoms with E-state index in [2.05, 4.69) is 0 Å². The topological polar surface area (TPSA) is 35.2 Å². The highest BCUT2D eigenvalue weighted by Gasteiger charge is 2.04. The molecule has 0 heterocycles. The molecule has 0 saturated carbocycles. The van der Waals surface area contributed by atoms with Gasteiger partial charge in [0.05, 0.1) is 6.61 Å². The quantitative estimate of drug-likeness (QED) is 0.745. The third-order valence-corrected chi connectivity index (χ3v) is 2.08. The SMILES string of the molecule is CC(OCc1ccccc1)C(N)=S. The second-order valence-corrected chi connectivity index (χ2v) is 3.31. The van der Waals surface area contributed by atoms with Gasteiger partial charge in [0.2, 0.25) is 0 Å². The average Bonchev–Trinajstić information content (AvgIpc) is 2.15. The van der Waals surface area contributed by atoms with Gasteiger partial charge in [0.15, 0.2) is 0 Å². The Morgan fingerprint density at radius 2 is 2.08 bits per heavy atom. The van der Waals surface area contributed by atoms with Gasteiger partial charge in [-0.1, -0.05) is 42.5 Å². The summed E-state index contributed by atoms with van der Waals surface area (Å²) in [5.74, 6) is 0. The van der Waals surface area contributed by atoms with Gasteiger partial charge in [-0.15, -0.1) is 0 Å². The summed E-state index contributed by atoms with van der Waals surface area (Å²) in [5.41, 5.74) is 6.54. The highest BCUT2D eigenvalue weighted by molar-refractivity contribution is 7.80. The molecule has 0 radical (unpaired) electrons. The van der Waals surface area contributed by atoms with Gasteiger partial charge < -0.3 is 10.5 Å². The van der Waals surface area contributed by atoms with Crippen molar-refractivity contribution in [1.82, 2.24) is 0 Å². The maximum atomic E-state index is 5.42. The van der Waals surface area contributed by atoms with Crippen LogP contribution in [0.25, 0.3) is 0 Å². The lowest BCUT2D eigenvalue weighted by atomic mass is 10.2. The molecule has 0 aromatic heterocycles. The van der Waals surface area contributed by atoms with Crippen molar-refractivity contribution in [2.75, 3.05) is 0 Å². The molecule has 0 bridgehead atoms. The van der Waals surface area contributed by atoms with Crippen molar-refractivity contribution in [1.29, 1.82) is 0 Å². The van der Waals surface area contributed by atoms with Crippen molar-refractivity contribution < 1.29 is 4.74 Å². The van der Waals surface area contributed by atoms with Crippen molar-refractivity contribution >= 4 is 17.2 Å². The van der Waals surface area contributed by atoms with Crippen molar-refractivity contribution in [2.45, 2.75) is 19.6 Å². The smallest absolute Gasteiger partial charge is 0.105 e. The second-order valence-electron chi connectivity index (χ2n) is 2.84. The first-order valence-corrected chi connectivity index (χ1v) is 4.56. The fraction of sp³-hybridized carbons (Fsp3) is 0.300. The molecule has 0 aliphatic heterocycles. The van der Waals surface area contributed by atoms with Gasteiger partial charge in [0.1, 0.15) is 11.1 Å². The van der Waals surface area contributed by atoms with E-state index in [9.17, 15) is 0 Å². The van der Waals surface area contributed by atoms with Crippen LogP contribution in [-0.2, 0) is 11.3 Å². The predicted octanol–water partition coefficient (Wildman–Crippen LogP) is 1.88. The van der Waals surface area contributed by atoms with Crippen LogP contribution >= 0.6 is 12.2 Å². The van der Waals surface area contributed by atoms with Gasteiger partial charge in [0.25, 0.3) is 0 Å². The summed E-state index contributed by atoms with van der Waals surface area (Å²) in [4.78, 5) is 0.399. The van der Waals surface area contributed by atoms with Crippen molar-refractivity contribution in [2.24, 2.45) is 5.73 Å². The second kappa shape index (κ2) is 4.94. The van der Waals surface area contributed by atoms with Crippen molar-refractivity contribution in [3.05, 3.63) is 35.9 Å². The summed E-state index contributed by atoms with van der Waals surface area (Å²) in [7, 11) is 0. The van der Waals surface area contributed by atoms with Crippen LogP contribution < -0.4 is 5.73 Å². The van der Waals surface area contributed by atoms with Gasteiger partial charge >= 0.3 is 0 Å². The van der Waals surface area contributed by atoms with Gasteiger partial charge in [-0.2, -0.15) is 0 Å². The van der Waals surface area contributed by atoms with Crippen LogP contribution in [0.15, 0.2) is 30.3 Å². The molecule has 1 unspecified atom stereocenters. The molecule has 1 atom stereocenters. The number of nitrogens with two attached hydrogens (primary N) is 1. The van der Waals surface area contributed by atoms with Crippen molar-refractivity contribution in [3.8, 4) is 0 Å². The van der Waals surface area contributed by atoms with Crippen LogP contribution in [0.5, 0.6) is 0 Å². The normalized spacial score (nSPS) is 12.4. The largest absolute Gasteiger partial charge is 0.391 e. The summed E-state index contributed by atoms with van der Waals surface area (Å²) >= 11 is 4.79. The Morgan fingerprint density at radius 1 is 1.46 bits per heavy atom. The molecule has 0 saturated heterocycles. The fourth-order valence-electron chi connectivity index (χ4n) is 0.878. The molecular formula is C10H13NOS. The lowest BCUT2D eigenvalue weighted by Gasteiger charge is -2.10. The Bertz CT molecular complexity index is 274. The number of hydrogen-bond donors (Lipinski definition) is 1. The summed E-state index contributed by atoms with van der Waals surface area (Å²) in [6, 6.07) is 9.94. The van der Waals surface area contributed by atoms with E-state index in [4.69, 9.17) is 22.7 Å². The van der Waals surface area contributed by atoms with E-state index in [-0.39, 0.29) is 6.10 Å². The molecule has 0 amide bonds. The minimum atomic E-state index is -0.157. The molecule has 1 aromatic carbocycles. The van der Waals surface area contributed by atoms with Crippen LogP contribution in [0.3, 0.4) is 0 Å². The Balaban J connectivity index is 2.39. The number of ether oxygens (including phenoxy) is 1. The maximum Gasteiger partial charge on any atom is 0.105 e. The number of hydrogen-bond acceptors (Lipinski definition) is 2. The summed E-state index contributed by atoms with van der Waals surface area (Å²) in [5, 5.41) is 0. The molecule has 0 aliphatic carbocycles. The van der Waals surface area contributed by atoms with E-state index < -0.39 is 0 Å². The summed E-state index contributed by atoms with van der Waals surface area (Å²) in [6.07, 6.45) is -0.157. The first kappa shape index (κ1) is 10.2. The third kappa shape index (κ3) is 3.53. The highest BCUT2D eigenvalue weighted by Crippen LogP contribution is 2.03. The zero-order valence-electron chi connectivity index (χ0n) is 7.57. The standard InChI is InChI=1S/C10H13NOS/c1-8(10(11)13)12-7-9-5-3-2-4-6-9/h2-6,8H,7H2,1H3,(H2,11,13). The molecule has 2 nitrogen and oxygen atoms in total. The van der Waals surface area contributed by atoms with E-state index >= 15 is 0 Å². The third-order valence-electron chi connectivity index (χ3n) is 1.74. The Hall–Kier alpha value is -0.930. The molecule has 0 spiro atoms. The lowest BCUT2D eigenvalue weighted by molar-refractivity contribution is 0.0969. The first-order valence-electron chi connectivity index (χ1n) is 4.15. The van der Waals surface area contributed by atoms with Crippen molar-refractivity contribution in [3.63, 3.8) is 0 Å². The summed E-state index contributed by atoms with van der Waals surface area (Å²) in [6.45, 7) is 2.41. The number of thiocarbonyl (C=S) groups is 1. The first-order chi connectivity index (χ1) is 6.20. The minimum absolute atomic E-state index is 0.157. The van der Waals surface area contributed by atoms with Crippen LogP contribution in [0.2, 0.25) is 0 Å². The molecule has 1 rings (SSSR count). The molecule has 13 heavy (non-hydrogen) atoms. The molecule has 1 aromatic rings. The molecule has 70 valence electrons. The molecule has 3 heteroatoms. The van der Waals surface area contributed by atoms with E-state index in [1.54, 1.807) is 0 Å². The maximum absolute atomic E-state index is 5.42. The van der Waals surface area contributed by atoms with Gasteiger partial charge in [-0.25, -0.2) is 0 Å². The monoisotopic (exact) mass is 195 g/mol. The van der Waals surface area contributed by atoms with Crippen LogP contribution in [0, 0.1) is 0 Å². The van der Waals surface area contributed by atoms with Gasteiger partial charge in [-0.05, 0) is 12.5 Å². The number of benzene rings is 1. The average molecular weight is 195 g/mol. The summed E-state index contributed by atoms with van der Waals surface area (Å²) < 4.78 is 5.42. The van der Waals surface area contributed by atoms with E-state index in [1.807, 2.05) is 37.3 Å². The molecule has 2 N–H and O–H groups in total. The van der Waals surface area contributed by atoms with E-state index in [0.717, 1.165) is 5.56 Å². The zero-order chi connectivity index (χ0) is 9.68. The predicted molar refractivity (Wildman–Crippen MR) is 57.5 cm³/mol. The van der Waals surface area contributed by atoms with Crippen LogP contribution in [0.1, 0.15) is 12.5 Å². The molecular weight excluding hydrogens is 182 g/mol. The zero-order valence-corrected chi connectivity index (χ0v) is 8.38. The van der Waals surface area contributed by atoms with Gasteiger partial charge in [0, 0.05) is 0 Å².